The van der Waals surface area contributed by atoms with Crippen LogP contribution in [0.1, 0.15) is 24.1 Å². The van der Waals surface area contributed by atoms with E-state index in [4.69, 9.17) is 0 Å². The molecule has 2 aromatic heterocycles. The summed E-state index contributed by atoms with van der Waals surface area (Å²) < 4.78 is 1.67. The molecule has 0 aromatic carbocycles. The first-order valence-electron chi connectivity index (χ1n) is 9.16. The van der Waals surface area contributed by atoms with Gasteiger partial charge >= 0.3 is 0 Å². The number of aromatic nitrogens is 2. The topological polar surface area (TPSA) is 58.4 Å². The highest BCUT2D eigenvalue weighted by atomic mass is 16.2. The van der Waals surface area contributed by atoms with Crippen molar-refractivity contribution >= 4 is 11.6 Å². The van der Waals surface area contributed by atoms with Crippen LogP contribution >= 0.6 is 0 Å². The lowest BCUT2D eigenvalue weighted by molar-refractivity contribution is -0.131. The zero-order valence-electron chi connectivity index (χ0n) is 15.5. The number of aryl methyl sites for hydroxylation is 2. The van der Waals surface area contributed by atoms with E-state index in [1.165, 1.54) is 5.69 Å². The number of pyridine rings is 2. The van der Waals surface area contributed by atoms with Crippen LogP contribution in [-0.4, -0.2) is 46.5 Å². The summed E-state index contributed by atoms with van der Waals surface area (Å²) in [5.74, 6) is 0.119. The maximum atomic E-state index is 12.6. The average molecular weight is 354 g/mol. The number of rotatable bonds is 4. The Bertz CT molecular complexity index is 831. The summed E-state index contributed by atoms with van der Waals surface area (Å²) in [5.41, 5.74) is 3.19. The van der Waals surface area contributed by atoms with Gasteiger partial charge in [0.05, 0.1) is 0 Å². The molecule has 0 N–H and O–H groups in total. The lowest BCUT2D eigenvalue weighted by atomic mass is 10.2. The predicted octanol–water partition coefficient (Wildman–Crippen LogP) is 1.99. The van der Waals surface area contributed by atoms with E-state index in [1.54, 1.807) is 16.7 Å². The number of hydrogen-bond donors (Lipinski definition) is 0. The van der Waals surface area contributed by atoms with Crippen LogP contribution in [0.3, 0.4) is 0 Å². The van der Waals surface area contributed by atoms with Crippen molar-refractivity contribution in [3.05, 3.63) is 58.3 Å². The van der Waals surface area contributed by atoms with Gasteiger partial charge in [0.25, 0.3) is 5.56 Å². The molecule has 1 aliphatic rings. The third-order valence-electron chi connectivity index (χ3n) is 5.00. The van der Waals surface area contributed by atoms with E-state index in [0.717, 1.165) is 37.3 Å². The highest BCUT2D eigenvalue weighted by Crippen LogP contribution is 2.20. The molecule has 0 spiro atoms. The van der Waals surface area contributed by atoms with Crippen LogP contribution < -0.4 is 10.5 Å². The third-order valence-corrected chi connectivity index (χ3v) is 5.00. The fourth-order valence-electron chi connectivity index (χ4n) is 3.50. The Morgan fingerprint density at radius 1 is 1.12 bits per heavy atom. The molecule has 138 valence electrons. The Balaban J connectivity index is 1.59. The molecule has 3 rings (SSSR count). The van der Waals surface area contributed by atoms with Gasteiger partial charge in [0.15, 0.2) is 0 Å². The first-order chi connectivity index (χ1) is 12.6. The number of amides is 1. The first-order valence-corrected chi connectivity index (χ1v) is 9.16. The van der Waals surface area contributed by atoms with Crippen molar-refractivity contribution in [2.24, 2.45) is 0 Å². The van der Waals surface area contributed by atoms with E-state index in [2.05, 4.69) is 16.8 Å². The van der Waals surface area contributed by atoms with Gasteiger partial charge in [-0.2, -0.15) is 0 Å². The SMILES string of the molecule is Cc1cnccc1N1CCCN(C(=O)CCn2c(C)cccc2=O)CC1. The van der Waals surface area contributed by atoms with Crippen molar-refractivity contribution in [3.8, 4) is 0 Å². The van der Waals surface area contributed by atoms with E-state index < -0.39 is 0 Å². The number of carbonyl (C=O) groups is 1. The fourth-order valence-corrected chi connectivity index (χ4v) is 3.50. The normalized spacial score (nSPS) is 15.0. The Kier molecular flexibility index (Phi) is 5.71. The summed E-state index contributed by atoms with van der Waals surface area (Å²) >= 11 is 0. The maximum absolute atomic E-state index is 12.6. The van der Waals surface area contributed by atoms with Gasteiger partial charge in [-0.05, 0) is 38.0 Å². The van der Waals surface area contributed by atoms with Gasteiger partial charge in [-0.1, -0.05) is 6.07 Å². The van der Waals surface area contributed by atoms with E-state index in [-0.39, 0.29) is 11.5 Å². The largest absolute Gasteiger partial charge is 0.369 e. The minimum Gasteiger partial charge on any atom is -0.369 e. The lowest BCUT2D eigenvalue weighted by Crippen LogP contribution is -2.36. The molecule has 0 bridgehead atoms. The van der Waals surface area contributed by atoms with Gasteiger partial charge in [0, 0.05) is 69.0 Å². The average Bonchev–Trinajstić information content (AvgIpc) is 2.88. The first kappa shape index (κ1) is 18.2. The molecular formula is C20H26N4O2. The molecule has 0 radical (unpaired) electrons. The molecule has 1 amide bonds. The summed E-state index contributed by atoms with van der Waals surface area (Å²) in [6, 6.07) is 7.23. The molecule has 3 heterocycles. The Morgan fingerprint density at radius 3 is 2.73 bits per heavy atom. The zero-order chi connectivity index (χ0) is 18.5. The van der Waals surface area contributed by atoms with Crippen molar-refractivity contribution in [2.45, 2.75) is 33.2 Å². The monoisotopic (exact) mass is 354 g/mol. The molecular weight excluding hydrogens is 328 g/mol. The molecule has 2 aromatic rings. The highest BCUT2D eigenvalue weighted by molar-refractivity contribution is 5.76. The second kappa shape index (κ2) is 8.17. The molecule has 6 nitrogen and oxygen atoms in total. The molecule has 1 aliphatic heterocycles. The molecule has 26 heavy (non-hydrogen) atoms. The molecule has 0 atom stereocenters. The molecule has 1 fully saturated rings. The number of hydrogen-bond acceptors (Lipinski definition) is 4. The molecule has 1 saturated heterocycles. The third kappa shape index (κ3) is 4.12. The summed E-state index contributed by atoms with van der Waals surface area (Å²) in [4.78, 5) is 33.0. The van der Waals surface area contributed by atoms with Crippen molar-refractivity contribution in [1.82, 2.24) is 14.5 Å². The molecule has 0 aliphatic carbocycles. The summed E-state index contributed by atoms with van der Waals surface area (Å²) in [7, 11) is 0. The molecule has 0 saturated carbocycles. The standard InChI is InChI=1S/C20H26N4O2/c1-16-15-21-9-7-18(16)22-10-4-11-23(14-13-22)19(25)8-12-24-17(2)5-3-6-20(24)26/h3,5-7,9,15H,4,8,10-14H2,1-2H3. The van der Waals surface area contributed by atoms with Crippen LogP contribution in [0, 0.1) is 13.8 Å². The van der Waals surface area contributed by atoms with Crippen molar-refractivity contribution in [3.63, 3.8) is 0 Å². The fraction of sp³-hybridized carbons (Fsp3) is 0.450. The maximum Gasteiger partial charge on any atom is 0.250 e. The van der Waals surface area contributed by atoms with Crippen LogP contribution in [0.2, 0.25) is 0 Å². The molecule has 6 heteroatoms. The lowest BCUT2D eigenvalue weighted by Gasteiger charge is -2.25. The van der Waals surface area contributed by atoms with E-state index in [9.17, 15) is 9.59 Å². The van der Waals surface area contributed by atoms with Gasteiger partial charge in [-0.25, -0.2) is 0 Å². The predicted molar refractivity (Wildman–Crippen MR) is 102 cm³/mol. The zero-order valence-corrected chi connectivity index (χ0v) is 15.5. The Hall–Kier alpha value is -2.63. The smallest absolute Gasteiger partial charge is 0.250 e. The second-order valence-electron chi connectivity index (χ2n) is 6.79. The second-order valence-corrected chi connectivity index (χ2v) is 6.79. The van der Waals surface area contributed by atoms with Crippen molar-refractivity contribution in [1.29, 1.82) is 0 Å². The van der Waals surface area contributed by atoms with Crippen LogP contribution in [-0.2, 0) is 11.3 Å². The van der Waals surface area contributed by atoms with Crippen LogP contribution in [0.15, 0.2) is 41.5 Å². The highest BCUT2D eigenvalue weighted by Gasteiger charge is 2.20. The Labute approximate surface area is 154 Å². The number of anilines is 1. The van der Waals surface area contributed by atoms with E-state index in [1.807, 2.05) is 36.4 Å². The van der Waals surface area contributed by atoms with Gasteiger partial charge in [-0.15, -0.1) is 0 Å². The van der Waals surface area contributed by atoms with Gasteiger partial charge in [0.2, 0.25) is 5.91 Å². The van der Waals surface area contributed by atoms with Crippen molar-refractivity contribution < 1.29 is 4.79 Å². The number of carbonyl (C=O) groups excluding carboxylic acids is 1. The van der Waals surface area contributed by atoms with E-state index >= 15 is 0 Å². The van der Waals surface area contributed by atoms with Crippen LogP contribution in [0.4, 0.5) is 5.69 Å². The molecule has 0 unspecified atom stereocenters. The summed E-state index contributed by atoms with van der Waals surface area (Å²) in [6.07, 6.45) is 5.00. The number of nitrogens with zero attached hydrogens (tertiary/aromatic N) is 4. The van der Waals surface area contributed by atoms with E-state index in [0.29, 0.717) is 19.5 Å². The summed E-state index contributed by atoms with van der Waals surface area (Å²) in [5, 5.41) is 0. The van der Waals surface area contributed by atoms with Gasteiger partial charge < -0.3 is 14.4 Å². The van der Waals surface area contributed by atoms with Crippen LogP contribution in [0.5, 0.6) is 0 Å². The van der Waals surface area contributed by atoms with Gasteiger partial charge in [-0.3, -0.25) is 14.6 Å². The Morgan fingerprint density at radius 2 is 1.96 bits per heavy atom. The van der Waals surface area contributed by atoms with Crippen LogP contribution in [0.25, 0.3) is 0 Å². The summed E-state index contributed by atoms with van der Waals surface area (Å²) in [6.45, 7) is 7.63. The quantitative estimate of drug-likeness (QED) is 0.843. The van der Waals surface area contributed by atoms with Crippen molar-refractivity contribution in [2.75, 3.05) is 31.1 Å². The van der Waals surface area contributed by atoms with Gasteiger partial charge in [0.1, 0.15) is 0 Å². The minimum absolute atomic E-state index is 0.0481. The minimum atomic E-state index is -0.0481.